The number of ether oxygens (including phenoxy) is 1. The standard InChI is InChI=1S/C9H17NO3/c1-3-4-5-6-8(11)13-7(2)9(10)12/h7H,3-6H2,1-2H3,(H2,10,12). The molecule has 0 saturated heterocycles. The SMILES string of the molecule is CCCCCC(=O)OC(C)C(N)=O. The van der Waals surface area contributed by atoms with Crippen LogP contribution in [0.5, 0.6) is 0 Å². The molecule has 0 bridgehead atoms. The number of rotatable bonds is 6. The summed E-state index contributed by atoms with van der Waals surface area (Å²) in [5, 5.41) is 0. The lowest BCUT2D eigenvalue weighted by Crippen LogP contribution is -2.30. The fourth-order valence-electron chi connectivity index (χ4n) is 0.834. The van der Waals surface area contributed by atoms with Crippen LogP contribution in [0.25, 0.3) is 0 Å². The molecule has 1 atom stereocenters. The molecule has 0 aromatic rings. The maximum Gasteiger partial charge on any atom is 0.306 e. The summed E-state index contributed by atoms with van der Waals surface area (Å²) in [5.41, 5.74) is 4.92. The molecular formula is C9H17NO3. The van der Waals surface area contributed by atoms with Crippen molar-refractivity contribution in [3.8, 4) is 0 Å². The summed E-state index contributed by atoms with van der Waals surface area (Å²) in [6, 6.07) is 0. The normalized spacial score (nSPS) is 12.2. The highest BCUT2D eigenvalue weighted by Crippen LogP contribution is 2.02. The predicted molar refractivity (Wildman–Crippen MR) is 48.9 cm³/mol. The van der Waals surface area contributed by atoms with Crippen LogP contribution in [0.2, 0.25) is 0 Å². The lowest BCUT2D eigenvalue weighted by Gasteiger charge is -2.08. The van der Waals surface area contributed by atoms with E-state index < -0.39 is 12.0 Å². The molecule has 0 aliphatic rings. The van der Waals surface area contributed by atoms with Crippen molar-refractivity contribution in [2.45, 2.75) is 45.6 Å². The number of nitrogens with two attached hydrogens (primary N) is 1. The molecule has 0 rings (SSSR count). The van der Waals surface area contributed by atoms with Gasteiger partial charge in [-0.15, -0.1) is 0 Å². The van der Waals surface area contributed by atoms with Crippen molar-refractivity contribution < 1.29 is 14.3 Å². The van der Waals surface area contributed by atoms with Gasteiger partial charge >= 0.3 is 5.97 Å². The van der Waals surface area contributed by atoms with Gasteiger partial charge in [-0.3, -0.25) is 9.59 Å². The number of amides is 1. The van der Waals surface area contributed by atoms with E-state index in [1.165, 1.54) is 6.92 Å². The van der Waals surface area contributed by atoms with Gasteiger partial charge in [0.2, 0.25) is 0 Å². The third-order valence-corrected chi connectivity index (χ3v) is 1.69. The molecule has 0 spiro atoms. The van der Waals surface area contributed by atoms with Gasteiger partial charge in [-0.1, -0.05) is 19.8 Å². The summed E-state index contributed by atoms with van der Waals surface area (Å²) in [5.74, 6) is -0.955. The fraction of sp³-hybridized carbons (Fsp3) is 0.778. The van der Waals surface area contributed by atoms with Gasteiger partial charge in [0.1, 0.15) is 0 Å². The van der Waals surface area contributed by atoms with Gasteiger partial charge in [0.25, 0.3) is 5.91 Å². The van der Waals surface area contributed by atoms with Gasteiger partial charge in [0, 0.05) is 6.42 Å². The highest BCUT2D eigenvalue weighted by atomic mass is 16.5. The quantitative estimate of drug-likeness (QED) is 0.498. The van der Waals surface area contributed by atoms with Crippen molar-refractivity contribution >= 4 is 11.9 Å². The largest absolute Gasteiger partial charge is 0.453 e. The number of carbonyl (C=O) groups is 2. The molecule has 76 valence electrons. The molecule has 4 nitrogen and oxygen atoms in total. The Hall–Kier alpha value is -1.06. The summed E-state index contributed by atoms with van der Waals surface area (Å²) in [7, 11) is 0. The van der Waals surface area contributed by atoms with Crippen molar-refractivity contribution in [3.63, 3.8) is 0 Å². The summed E-state index contributed by atoms with van der Waals surface area (Å²) in [6.07, 6.45) is 2.42. The van der Waals surface area contributed by atoms with Gasteiger partial charge in [0.05, 0.1) is 0 Å². The number of hydrogen-bond donors (Lipinski definition) is 1. The Morgan fingerprint density at radius 2 is 2.00 bits per heavy atom. The third-order valence-electron chi connectivity index (χ3n) is 1.69. The van der Waals surface area contributed by atoms with Crippen molar-refractivity contribution in [2.24, 2.45) is 5.73 Å². The van der Waals surface area contributed by atoms with Gasteiger partial charge in [-0.25, -0.2) is 0 Å². The smallest absolute Gasteiger partial charge is 0.306 e. The van der Waals surface area contributed by atoms with E-state index in [9.17, 15) is 9.59 Å². The molecule has 0 radical (unpaired) electrons. The molecule has 4 heteroatoms. The molecular weight excluding hydrogens is 170 g/mol. The Morgan fingerprint density at radius 1 is 1.38 bits per heavy atom. The minimum atomic E-state index is -0.811. The highest BCUT2D eigenvalue weighted by Gasteiger charge is 2.13. The number of hydrogen-bond acceptors (Lipinski definition) is 3. The first kappa shape index (κ1) is 11.9. The van der Waals surface area contributed by atoms with Crippen LogP contribution in [-0.2, 0) is 14.3 Å². The van der Waals surface area contributed by atoms with Crippen LogP contribution < -0.4 is 5.73 Å². The number of carbonyl (C=O) groups excluding carboxylic acids is 2. The van der Waals surface area contributed by atoms with E-state index in [-0.39, 0.29) is 5.97 Å². The van der Waals surface area contributed by atoms with E-state index in [1.807, 2.05) is 0 Å². The van der Waals surface area contributed by atoms with Crippen LogP contribution in [0, 0.1) is 0 Å². The zero-order valence-corrected chi connectivity index (χ0v) is 8.21. The van der Waals surface area contributed by atoms with E-state index in [0.717, 1.165) is 19.3 Å². The first-order chi connectivity index (χ1) is 6.07. The Balaban J connectivity index is 3.56. The lowest BCUT2D eigenvalue weighted by molar-refractivity contribution is -0.153. The monoisotopic (exact) mass is 187 g/mol. The Labute approximate surface area is 78.4 Å². The maximum absolute atomic E-state index is 11.0. The van der Waals surface area contributed by atoms with E-state index in [1.54, 1.807) is 0 Å². The molecule has 0 saturated carbocycles. The van der Waals surface area contributed by atoms with Crippen LogP contribution in [0.3, 0.4) is 0 Å². The molecule has 13 heavy (non-hydrogen) atoms. The maximum atomic E-state index is 11.0. The van der Waals surface area contributed by atoms with E-state index in [0.29, 0.717) is 6.42 Å². The molecule has 0 fully saturated rings. The van der Waals surface area contributed by atoms with E-state index in [2.05, 4.69) is 6.92 Å². The molecule has 0 heterocycles. The minimum absolute atomic E-state index is 0.347. The van der Waals surface area contributed by atoms with Gasteiger partial charge in [-0.05, 0) is 13.3 Å². The fourth-order valence-corrected chi connectivity index (χ4v) is 0.834. The van der Waals surface area contributed by atoms with Crippen molar-refractivity contribution in [2.75, 3.05) is 0 Å². The number of primary amides is 1. The van der Waals surface area contributed by atoms with Crippen LogP contribution in [0.1, 0.15) is 39.5 Å². The van der Waals surface area contributed by atoms with Crippen molar-refractivity contribution in [1.29, 1.82) is 0 Å². The van der Waals surface area contributed by atoms with Crippen LogP contribution >= 0.6 is 0 Å². The zero-order valence-electron chi connectivity index (χ0n) is 8.21. The summed E-state index contributed by atoms with van der Waals surface area (Å²) in [4.78, 5) is 21.5. The number of esters is 1. The Morgan fingerprint density at radius 3 is 2.46 bits per heavy atom. The minimum Gasteiger partial charge on any atom is -0.453 e. The van der Waals surface area contributed by atoms with Crippen molar-refractivity contribution in [3.05, 3.63) is 0 Å². The summed E-state index contributed by atoms with van der Waals surface area (Å²) < 4.78 is 4.74. The average molecular weight is 187 g/mol. The second-order valence-electron chi connectivity index (χ2n) is 2.99. The molecule has 1 amide bonds. The second-order valence-corrected chi connectivity index (χ2v) is 2.99. The molecule has 0 aromatic heterocycles. The van der Waals surface area contributed by atoms with Crippen LogP contribution in [0.15, 0.2) is 0 Å². The first-order valence-electron chi connectivity index (χ1n) is 4.56. The highest BCUT2D eigenvalue weighted by molar-refractivity contribution is 5.81. The Kier molecular flexibility index (Phi) is 5.93. The van der Waals surface area contributed by atoms with Crippen LogP contribution in [-0.4, -0.2) is 18.0 Å². The third kappa shape index (κ3) is 6.13. The topological polar surface area (TPSA) is 69.4 Å². The molecule has 0 aliphatic carbocycles. The molecule has 0 aliphatic heterocycles. The summed E-state index contributed by atoms with van der Waals surface area (Å²) in [6.45, 7) is 3.53. The molecule has 0 aromatic carbocycles. The van der Waals surface area contributed by atoms with Crippen molar-refractivity contribution in [1.82, 2.24) is 0 Å². The second kappa shape index (κ2) is 6.46. The van der Waals surface area contributed by atoms with Gasteiger partial charge < -0.3 is 10.5 Å². The van der Waals surface area contributed by atoms with Crippen LogP contribution in [0.4, 0.5) is 0 Å². The summed E-state index contributed by atoms with van der Waals surface area (Å²) >= 11 is 0. The van der Waals surface area contributed by atoms with E-state index in [4.69, 9.17) is 10.5 Å². The van der Waals surface area contributed by atoms with Gasteiger partial charge in [0.15, 0.2) is 6.10 Å². The molecule has 2 N–H and O–H groups in total. The van der Waals surface area contributed by atoms with Gasteiger partial charge in [-0.2, -0.15) is 0 Å². The zero-order chi connectivity index (χ0) is 10.3. The lowest BCUT2D eigenvalue weighted by atomic mass is 10.2. The first-order valence-corrected chi connectivity index (χ1v) is 4.56. The Bertz CT molecular complexity index is 180. The predicted octanol–water partition coefficient (Wildman–Crippen LogP) is 0.984. The molecule has 1 unspecified atom stereocenters. The van der Waals surface area contributed by atoms with E-state index >= 15 is 0 Å². The number of unbranched alkanes of at least 4 members (excludes halogenated alkanes) is 2. The average Bonchev–Trinajstić information content (AvgIpc) is 2.04.